The Labute approximate surface area is 163 Å². The Bertz CT molecular complexity index is 982. The summed E-state index contributed by atoms with van der Waals surface area (Å²) in [5.41, 5.74) is 10.1. The number of phenolic OH excluding ortho intramolecular Hbond substituents is 1. The van der Waals surface area contributed by atoms with Gasteiger partial charge in [0.15, 0.2) is 6.29 Å². The highest BCUT2D eigenvalue weighted by molar-refractivity contribution is 6.01. The van der Waals surface area contributed by atoms with Crippen molar-refractivity contribution in [1.82, 2.24) is 9.88 Å². The van der Waals surface area contributed by atoms with Crippen LogP contribution < -0.4 is 15.8 Å². The molecular formula is C21H23N5O2. The molecule has 1 aliphatic heterocycles. The maximum absolute atomic E-state index is 11.5. The van der Waals surface area contributed by atoms with Crippen molar-refractivity contribution in [3.8, 4) is 5.75 Å². The number of anilines is 3. The molecule has 1 aliphatic rings. The van der Waals surface area contributed by atoms with Crippen LogP contribution in [0.25, 0.3) is 10.9 Å². The number of hydrogen-bond acceptors (Lipinski definition) is 7. The second-order valence-electron chi connectivity index (χ2n) is 7.00. The summed E-state index contributed by atoms with van der Waals surface area (Å²) in [5, 5.41) is 10.3. The third kappa shape index (κ3) is 3.70. The van der Waals surface area contributed by atoms with E-state index in [1.807, 2.05) is 6.07 Å². The molecule has 0 unspecified atom stereocenters. The Hall–Kier alpha value is -3.32. The van der Waals surface area contributed by atoms with Crippen LogP contribution in [0.4, 0.5) is 17.1 Å². The minimum atomic E-state index is 0.199. The smallest absolute Gasteiger partial charge is 0.153 e. The lowest BCUT2D eigenvalue weighted by atomic mass is 10.1. The second kappa shape index (κ2) is 7.74. The fourth-order valence-corrected chi connectivity index (χ4v) is 3.37. The predicted octanol–water partition coefficient (Wildman–Crippen LogP) is 2.94. The highest BCUT2D eigenvalue weighted by atomic mass is 16.3. The van der Waals surface area contributed by atoms with E-state index in [-0.39, 0.29) is 5.75 Å². The number of pyridine rings is 1. The molecule has 0 spiro atoms. The largest absolute Gasteiger partial charge is 0.508 e. The van der Waals surface area contributed by atoms with Crippen LogP contribution in [-0.4, -0.2) is 54.5 Å². The molecule has 3 aromatic rings. The Morgan fingerprint density at radius 3 is 2.50 bits per heavy atom. The molecule has 0 bridgehead atoms. The van der Waals surface area contributed by atoms with Crippen LogP contribution in [0, 0.1) is 0 Å². The maximum Gasteiger partial charge on any atom is 0.153 e. The molecule has 7 nitrogen and oxygen atoms in total. The number of likely N-dealkylation sites (N-methyl/N-ethyl adjacent to an activating group) is 1. The molecule has 0 saturated carbocycles. The fraction of sp³-hybridized carbons (Fsp3) is 0.238. The summed E-state index contributed by atoms with van der Waals surface area (Å²) in [7, 11) is 2.14. The lowest BCUT2D eigenvalue weighted by Crippen LogP contribution is -2.44. The van der Waals surface area contributed by atoms with E-state index in [9.17, 15) is 9.90 Å². The van der Waals surface area contributed by atoms with E-state index in [2.05, 4.69) is 44.8 Å². The van der Waals surface area contributed by atoms with Gasteiger partial charge in [-0.15, -0.1) is 0 Å². The molecule has 144 valence electrons. The normalized spacial score (nSPS) is 14.8. The van der Waals surface area contributed by atoms with Crippen LogP contribution >= 0.6 is 0 Å². The molecule has 1 saturated heterocycles. The summed E-state index contributed by atoms with van der Waals surface area (Å²) in [6, 6.07) is 12.8. The number of carbonyl (C=O) groups excluding carboxylic acids is 1. The topological polar surface area (TPSA) is 80.7 Å². The first-order valence-corrected chi connectivity index (χ1v) is 9.26. The number of piperazine rings is 1. The lowest BCUT2D eigenvalue weighted by Gasteiger charge is -2.34. The van der Waals surface area contributed by atoms with Crippen LogP contribution in [-0.2, 0) is 0 Å². The number of phenols is 1. The molecule has 7 heteroatoms. The van der Waals surface area contributed by atoms with Crippen molar-refractivity contribution in [2.24, 2.45) is 0 Å². The van der Waals surface area contributed by atoms with Crippen molar-refractivity contribution in [3.05, 3.63) is 54.2 Å². The van der Waals surface area contributed by atoms with Gasteiger partial charge in [0.05, 0.1) is 22.5 Å². The average Bonchev–Trinajstić information content (AvgIpc) is 2.73. The first kappa shape index (κ1) is 18.1. The monoisotopic (exact) mass is 377 g/mol. The van der Waals surface area contributed by atoms with Gasteiger partial charge >= 0.3 is 0 Å². The molecule has 2 aromatic carbocycles. The van der Waals surface area contributed by atoms with Gasteiger partial charge in [0.25, 0.3) is 0 Å². The zero-order valence-electron chi connectivity index (χ0n) is 15.7. The number of aromatic hydroxyl groups is 1. The third-order valence-corrected chi connectivity index (χ3v) is 5.08. The van der Waals surface area contributed by atoms with Gasteiger partial charge in [-0.25, -0.2) is 0 Å². The van der Waals surface area contributed by atoms with Crippen molar-refractivity contribution in [1.29, 1.82) is 0 Å². The zero-order valence-corrected chi connectivity index (χ0v) is 15.7. The molecule has 1 fully saturated rings. The standard InChI is InChI=1S/C21H23N5O2/c1-25-8-10-26(11-9-25)17-4-7-19-20(12-17)22-13-15(14-27)21(19)24-23-16-2-5-18(28)6-3-16/h2-7,12-14,23,28H,8-11H2,1H3,(H,22,24). The van der Waals surface area contributed by atoms with Crippen molar-refractivity contribution in [3.63, 3.8) is 0 Å². The number of rotatable bonds is 5. The Morgan fingerprint density at radius 2 is 1.79 bits per heavy atom. The molecule has 2 heterocycles. The van der Waals surface area contributed by atoms with E-state index >= 15 is 0 Å². The third-order valence-electron chi connectivity index (χ3n) is 5.08. The average molecular weight is 377 g/mol. The van der Waals surface area contributed by atoms with Crippen molar-refractivity contribution >= 4 is 34.3 Å². The van der Waals surface area contributed by atoms with Crippen molar-refractivity contribution in [2.75, 3.05) is 49.0 Å². The van der Waals surface area contributed by atoms with Gasteiger partial charge in [-0.3, -0.25) is 15.2 Å². The fourth-order valence-electron chi connectivity index (χ4n) is 3.37. The number of aromatic nitrogens is 1. The SMILES string of the molecule is CN1CCN(c2ccc3c(NNc4ccc(O)cc4)c(C=O)cnc3c2)CC1. The van der Waals surface area contributed by atoms with Crippen LogP contribution in [0.1, 0.15) is 10.4 Å². The van der Waals surface area contributed by atoms with Crippen LogP contribution in [0.15, 0.2) is 48.7 Å². The summed E-state index contributed by atoms with van der Waals surface area (Å²) in [5.74, 6) is 0.199. The summed E-state index contributed by atoms with van der Waals surface area (Å²) < 4.78 is 0. The molecule has 4 rings (SSSR count). The van der Waals surface area contributed by atoms with Crippen molar-refractivity contribution < 1.29 is 9.90 Å². The van der Waals surface area contributed by atoms with Gasteiger partial charge in [-0.05, 0) is 49.5 Å². The molecule has 0 atom stereocenters. The Kier molecular flexibility index (Phi) is 4.99. The molecule has 0 amide bonds. The number of aldehydes is 1. The minimum absolute atomic E-state index is 0.199. The lowest BCUT2D eigenvalue weighted by molar-refractivity contribution is 0.112. The highest BCUT2D eigenvalue weighted by Crippen LogP contribution is 2.29. The van der Waals surface area contributed by atoms with Crippen LogP contribution in [0.2, 0.25) is 0 Å². The van der Waals surface area contributed by atoms with Gasteiger partial charge < -0.3 is 20.3 Å². The summed E-state index contributed by atoms with van der Waals surface area (Å²) in [4.78, 5) is 20.7. The number of carbonyl (C=O) groups is 1. The van der Waals surface area contributed by atoms with Crippen LogP contribution in [0.3, 0.4) is 0 Å². The van der Waals surface area contributed by atoms with Gasteiger partial charge in [-0.1, -0.05) is 0 Å². The number of hydrogen-bond donors (Lipinski definition) is 3. The quantitative estimate of drug-likeness (QED) is 0.358. The zero-order chi connectivity index (χ0) is 19.5. The number of nitrogens with one attached hydrogen (secondary N) is 2. The molecule has 28 heavy (non-hydrogen) atoms. The minimum Gasteiger partial charge on any atom is -0.508 e. The molecule has 1 aromatic heterocycles. The molecule has 0 aliphatic carbocycles. The van der Waals surface area contributed by atoms with E-state index < -0.39 is 0 Å². The molecule has 3 N–H and O–H groups in total. The Morgan fingerprint density at radius 1 is 1.04 bits per heavy atom. The van der Waals surface area contributed by atoms with E-state index in [1.54, 1.807) is 30.5 Å². The first-order valence-electron chi connectivity index (χ1n) is 9.26. The van der Waals surface area contributed by atoms with Gasteiger partial charge in [0.2, 0.25) is 0 Å². The van der Waals surface area contributed by atoms with Gasteiger partial charge in [-0.2, -0.15) is 0 Å². The maximum atomic E-state index is 11.5. The number of benzene rings is 2. The number of nitrogens with zero attached hydrogens (tertiary/aromatic N) is 3. The van der Waals surface area contributed by atoms with E-state index in [0.29, 0.717) is 11.3 Å². The van der Waals surface area contributed by atoms with Crippen LogP contribution in [0.5, 0.6) is 5.75 Å². The number of hydrazine groups is 1. The van der Waals surface area contributed by atoms with Gasteiger partial charge in [0, 0.05) is 43.4 Å². The van der Waals surface area contributed by atoms with E-state index in [1.165, 1.54) is 0 Å². The summed E-state index contributed by atoms with van der Waals surface area (Å²) >= 11 is 0. The molecule has 0 radical (unpaired) electrons. The number of fused-ring (bicyclic) bond motifs is 1. The van der Waals surface area contributed by atoms with E-state index in [0.717, 1.165) is 54.7 Å². The van der Waals surface area contributed by atoms with E-state index in [4.69, 9.17) is 0 Å². The predicted molar refractivity (Wildman–Crippen MR) is 112 cm³/mol. The summed E-state index contributed by atoms with van der Waals surface area (Å²) in [6.07, 6.45) is 2.38. The highest BCUT2D eigenvalue weighted by Gasteiger charge is 2.16. The first-order chi connectivity index (χ1) is 13.6. The molecular weight excluding hydrogens is 354 g/mol. The summed E-state index contributed by atoms with van der Waals surface area (Å²) in [6.45, 7) is 4.06. The Balaban J connectivity index is 1.62. The second-order valence-corrected chi connectivity index (χ2v) is 7.00. The van der Waals surface area contributed by atoms with Crippen molar-refractivity contribution in [2.45, 2.75) is 0 Å². The van der Waals surface area contributed by atoms with Gasteiger partial charge in [0.1, 0.15) is 5.75 Å².